The Morgan fingerprint density at radius 3 is 2.42 bits per heavy atom. The summed E-state index contributed by atoms with van der Waals surface area (Å²) in [5.74, 6) is 0.847. The van der Waals surface area contributed by atoms with E-state index in [1.807, 2.05) is 61.5 Å². The summed E-state index contributed by atoms with van der Waals surface area (Å²) in [6, 6.07) is 32.5. The molecular weight excluding hydrogens is 603 g/mol. The fourth-order valence-electron chi connectivity index (χ4n) is 5.48. The molecule has 5 aromatic rings. The van der Waals surface area contributed by atoms with Crippen molar-refractivity contribution in [1.29, 1.82) is 0 Å². The van der Waals surface area contributed by atoms with Gasteiger partial charge in [0.15, 0.2) is 10.6 Å². The number of aromatic nitrogens is 1. The SMILES string of the molecule is CCNC(=O)NCc1cccc(-c2ccc([C@@H]3O[C@H](CSc4nc5ccccc5s4)[C@H](C)[C@H](c4ccc(CO)cc4)O3)cc2)c1. The Balaban J connectivity index is 1.20. The lowest BCUT2D eigenvalue weighted by Gasteiger charge is -2.41. The number of nitrogens with one attached hydrogen (secondary N) is 2. The van der Waals surface area contributed by atoms with Crippen LogP contribution in [-0.4, -0.2) is 34.5 Å². The first-order valence-electron chi connectivity index (χ1n) is 15.2. The minimum Gasteiger partial charge on any atom is -0.392 e. The molecule has 7 nitrogen and oxygen atoms in total. The van der Waals surface area contributed by atoms with Gasteiger partial charge in [0, 0.05) is 30.3 Å². The molecule has 4 atom stereocenters. The molecular formula is C36H37N3O4S2. The average Bonchev–Trinajstić information content (AvgIpc) is 3.50. The van der Waals surface area contributed by atoms with E-state index in [1.165, 1.54) is 4.70 Å². The van der Waals surface area contributed by atoms with Gasteiger partial charge < -0.3 is 25.2 Å². The molecule has 2 heterocycles. The third-order valence-electron chi connectivity index (χ3n) is 8.00. The number of benzene rings is 4. The number of thiazole rings is 1. The quantitative estimate of drug-likeness (QED) is 0.135. The van der Waals surface area contributed by atoms with E-state index in [0.29, 0.717) is 13.1 Å². The maximum absolute atomic E-state index is 11.8. The maximum atomic E-state index is 11.8. The number of rotatable bonds is 10. The van der Waals surface area contributed by atoms with Crippen LogP contribution in [0.5, 0.6) is 0 Å². The lowest BCUT2D eigenvalue weighted by atomic mass is 9.91. The van der Waals surface area contributed by atoms with Crippen LogP contribution < -0.4 is 10.6 Å². The van der Waals surface area contributed by atoms with Gasteiger partial charge in [-0.2, -0.15) is 0 Å². The first kappa shape index (κ1) is 31.3. The molecule has 2 amide bonds. The van der Waals surface area contributed by atoms with Crippen LogP contribution in [0.4, 0.5) is 4.79 Å². The summed E-state index contributed by atoms with van der Waals surface area (Å²) in [6.07, 6.45) is -0.783. The molecule has 0 unspecified atom stereocenters. The van der Waals surface area contributed by atoms with Gasteiger partial charge in [0.25, 0.3) is 0 Å². The van der Waals surface area contributed by atoms with Gasteiger partial charge in [0.1, 0.15) is 0 Å². The Hall–Kier alpha value is -3.73. The second-order valence-electron chi connectivity index (χ2n) is 11.1. The van der Waals surface area contributed by atoms with Gasteiger partial charge in [-0.05, 0) is 52.9 Å². The van der Waals surface area contributed by atoms with Crippen molar-refractivity contribution in [3.05, 3.63) is 119 Å². The average molecular weight is 640 g/mol. The summed E-state index contributed by atoms with van der Waals surface area (Å²) in [7, 11) is 0. The lowest BCUT2D eigenvalue weighted by Crippen LogP contribution is -2.38. The molecule has 0 saturated carbocycles. The van der Waals surface area contributed by atoms with Gasteiger partial charge in [-0.3, -0.25) is 0 Å². The zero-order chi connectivity index (χ0) is 31.2. The molecule has 1 aliphatic heterocycles. The third-order valence-corrected chi connectivity index (χ3v) is 10.3. The van der Waals surface area contributed by atoms with Gasteiger partial charge >= 0.3 is 6.03 Å². The molecule has 232 valence electrons. The van der Waals surface area contributed by atoms with Crippen LogP contribution in [0.25, 0.3) is 21.3 Å². The van der Waals surface area contributed by atoms with E-state index in [0.717, 1.165) is 49.0 Å². The molecule has 1 aliphatic rings. The van der Waals surface area contributed by atoms with E-state index in [9.17, 15) is 9.90 Å². The zero-order valence-corrected chi connectivity index (χ0v) is 26.9. The number of aliphatic hydroxyl groups is 1. The number of para-hydroxylation sites is 1. The smallest absolute Gasteiger partial charge is 0.315 e. The van der Waals surface area contributed by atoms with E-state index >= 15 is 0 Å². The zero-order valence-electron chi connectivity index (χ0n) is 25.3. The number of hydrogen-bond donors (Lipinski definition) is 3. The number of carbonyl (C=O) groups is 1. The van der Waals surface area contributed by atoms with Crippen LogP contribution in [0.15, 0.2) is 101 Å². The van der Waals surface area contributed by atoms with Crippen LogP contribution in [0.1, 0.15) is 48.5 Å². The number of urea groups is 1. The van der Waals surface area contributed by atoms with Gasteiger partial charge in [0.2, 0.25) is 0 Å². The number of fused-ring (bicyclic) bond motifs is 1. The highest BCUT2D eigenvalue weighted by Gasteiger charge is 2.38. The van der Waals surface area contributed by atoms with E-state index in [2.05, 4.69) is 60.0 Å². The molecule has 9 heteroatoms. The fourth-order valence-corrected chi connectivity index (χ4v) is 7.73. The molecule has 0 aliphatic carbocycles. The number of amides is 2. The Kier molecular flexibility index (Phi) is 10.1. The topological polar surface area (TPSA) is 92.7 Å². The largest absolute Gasteiger partial charge is 0.392 e. The van der Waals surface area contributed by atoms with Crippen LogP contribution in [0.2, 0.25) is 0 Å². The summed E-state index contributed by atoms with van der Waals surface area (Å²) >= 11 is 3.44. The lowest BCUT2D eigenvalue weighted by molar-refractivity contribution is -0.268. The Bertz CT molecular complexity index is 1690. The molecule has 3 N–H and O–H groups in total. The summed E-state index contributed by atoms with van der Waals surface area (Å²) in [6.45, 7) is 5.13. The summed E-state index contributed by atoms with van der Waals surface area (Å²) < 4.78 is 15.5. The molecule has 4 aromatic carbocycles. The highest BCUT2D eigenvalue weighted by atomic mass is 32.2. The number of nitrogens with zero attached hydrogens (tertiary/aromatic N) is 1. The van der Waals surface area contributed by atoms with E-state index in [-0.39, 0.29) is 30.8 Å². The summed E-state index contributed by atoms with van der Waals surface area (Å²) in [5, 5.41) is 15.2. The molecule has 1 aromatic heterocycles. The van der Waals surface area contributed by atoms with E-state index < -0.39 is 6.29 Å². The first-order valence-corrected chi connectivity index (χ1v) is 17.0. The first-order chi connectivity index (χ1) is 22.0. The molecule has 45 heavy (non-hydrogen) atoms. The van der Waals surface area contributed by atoms with E-state index in [1.54, 1.807) is 23.1 Å². The second-order valence-corrected chi connectivity index (χ2v) is 13.4. The van der Waals surface area contributed by atoms with Crippen LogP contribution in [-0.2, 0) is 22.6 Å². The third kappa shape index (κ3) is 7.57. The Morgan fingerprint density at radius 1 is 0.889 bits per heavy atom. The summed E-state index contributed by atoms with van der Waals surface area (Å²) in [4.78, 5) is 16.7. The van der Waals surface area contributed by atoms with Crippen molar-refractivity contribution in [2.45, 2.75) is 49.8 Å². The predicted molar refractivity (Wildman–Crippen MR) is 181 cm³/mol. The second kappa shape index (κ2) is 14.6. The maximum Gasteiger partial charge on any atom is 0.315 e. The molecule has 0 bridgehead atoms. The van der Waals surface area contributed by atoms with Crippen molar-refractivity contribution in [3.63, 3.8) is 0 Å². The molecule has 1 saturated heterocycles. The number of hydrogen-bond acceptors (Lipinski definition) is 7. The van der Waals surface area contributed by atoms with Crippen LogP contribution in [0, 0.1) is 5.92 Å². The molecule has 1 fully saturated rings. The van der Waals surface area contributed by atoms with Crippen molar-refractivity contribution < 1.29 is 19.4 Å². The van der Waals surface area contributed by atoms with Crippen molar-refractivity contribution in [2.75, 3.05) is 12.3 Å². The van der Waals surface area contributed by atoms with Gasteiger partial charge in [-0.15, -0.1) is 11.3 Å². The van der Waals surface area contributed by atoms with Gasteiger partial charge in [0.05, 0.1) is 29.0 Å². The molecule has 6 rings (SSSR count). The number of aliphatic hydroxyl groups excluding tert-OH is 1. The fraction of sp³-hybridized carbons (Fsp3) is 0.278. The van der Waals surface area contributed by atoms with E-state index in [4.69, 9.17) is 14.5 Å². The van der Waals surface area contributed by atoms with Crippen molar-refractivity contribution in [3.8, 4) is 11.1 Å². The van der Waals surface area contributed by atoms with Crippen molar-refractivity contribution >= 4 is 39.3 Å². The number of carbonyl (C=O) groups excluding carboxylic acids is 1. The minimum atomic E-state index is -0.536. The Morgan fingerprint density at radius 2 is 1.67 bits per heavy atom. The number of ether oxygens (including phenoxy) is 2. The van der Waals surface area contributed by atoms with Crippen LogP contribution >= 0.6 is 23.1 Å². The van der Waals surface area contributed by atoms with Crippen molar-refractivity contribution in [2.24, 2.45) is 5.92 Å². The van der Waals surface area contributed by atoms with Crippen molar-refractivity contribution in [1.82, 2.24) is 15.6 Å². The normalized spacial score (nSPS) is 19.8. The standard InChI is InChI=1S/C36H37N3O4S2/c1-3-37-35(41)38-20-25-7-6-8-29(19-25)26-15-17-28(18-16-26)34-42-31(22-44-36-39-30-9-4-5-10-32(30)45-36)23(2)33(43-34)27-13-11-24(21-40)12-14-27/h4-19,23,31,33-34,40H,3,20-22H2,1-2H3,(H2,37,38,41)/t23-,31+,33+,34+/m0/s1. The molecule has 0 spiro atoms. The van der Waals surface area contributed by atoms with Crippen LogP contribution in [0.3, 0.4) is 0 Å². The van der Waals surface area contributed by atoms with Gasteiger partial charge in [-0.1, -0.05) is 97.5 Å². The number of thioether (sulfide) groups is 1. The monoisotopic (exact) mass is 639 g/mol. The predicted octanol–water partition coefficient (Wildman–Crippen LogP) is 7.86. The minimum absolute atomic E-state index is 0.00842. The highest BCUT2D eigenvalue weighted by molar-refractivity contribution is 8.01. The Labute approximate surface area is 272 Å². The van der Waals surface area contributed by atoms with Gasteiger partial charge in [-0.25, -0.2) is 9.78 Å². The summed E-state index contributed by atoms with van der Waals surface area (Å²) in [5.41, 5.74) is 7.08. The highest BCUT2D eigenvalue weighted by Crippen LogP contribution is 2.43. The molecule has 0 radical (unpaired) electrons.